The van der Waals surface area contributed by atoms with Crippen molar-refractivity contribution in [3.8, 4) is 5.75 Å². The molecule has 1 aliphatic heterocycles. The second kappa shape index (κ2) is 8.76. The first-order chi connectivity index (χ1) is 15.0. The number of Topliss-reactive ketones (excluding diaryl/α,β-unsaturated/α-hetero) is 2. The molecule has 0 atom stereocenters. The Kier molecular flexibility index (Phi) is 5.89. The average Bonchev–Trinajstić information content (AvgIpc) is 2.79. The quantitative estimate of drug-likeness (QED) is 0.728. The molecule has 31 heavy (non-hydrogen) atoms. The van der Waals surface area contributed by atoms with Gasteiger partial charge in [-0.25, -0.2) is 0 Å². The minimum absolute atomic E-state index is 0.141. The van der Waals surface area contributed by atoms with E-state index in [9.17, 15) is 14.4 Å². The Hall–Kier alpha value is -3.41. The van der Waals surface area contributed by atoms with Crippen molar-refractivity contribution in [1.29, 1.82) is 0 Å². The van der Waals surface area contributed by atoms with Crippen molar-refractivity contribution in [3.63, 3.8) is 0 Å². The number of nitrogens with zero attached hydrogens (tertiary/aromatic N) is 2. The number of ether oxygens (including phenoxy) is 1. The van der Waals surface area contributed by atoms with Gasteiger partial charge in [0.05, 0.1) is 6.61 Å². The van der Waals surface area contributed by atoms with Crippen molar-refractivity contribution in [1.82, 2.24) is 4.90 Å². The number of fused-ring (bicyclic) bond motifs is 1. The highest BCUT2D eigenvalue weighted by Gasteiger charge is 2.39. The van der Waals surface area contributed by atoms with Crippen LogP contribution < -0.4 is 9.64 Å². The molecular formula is C25H26N2O4. The number of hydrogen-bond acceptors (Lipinski definition) is 5. The molecule has 1 amide bonds. The van der Waals surface area contributed by atoms with Gasteiger partial charge < -0.3 is 9.64 Å². The summed E-state index contributed by atoms with van der Waals surface area (Å²) in [7, 11) is 0. The zero-order valence-electron chi connectivity index (χ0n) is 17.9. The van der Waals surface area contributed by atoms with Crippen LogP contribution in [-0.4, -0.2) is 42.1 Å². The van der Waals surface area contributed by atoms with Crippen LogP contribution in [0.3, 0.4) is 0 Å². The van der Waals surface area contributed by atoms with Crippen LogP contribution in [0.1, 0.15) is 53.8 Å². The summed E-state index contributed by atoms with van der Waals surface area (Å²) in [4.78, 5) is 43.4. The summed E-state index contributed by atoms with van der Waals surface area (Å²) in [5, 5.41) is 0. The molecule has 2 aromatic rings. The van der Waals surface area contributed by atoms with Gasteiger partial charge in [-0.05, 0) is 50.5 Å². The van der Waals surface area contributed by atoms with Gasteiger partial charge in [0.1, 0.15) is 17.1 Å². The van der Waals surface area contributed by atoms with E-state index in [1.807, 2.05) is 11.8 Å². The van der Waals surface area contributed by atoms with Gasteiger partial charge in [-0.2, -0.15) is 0 Å². The molecule has 1 heterocycles. The predicted molar refractivity (Wildman–Crippen MR) is 118 cm³/mol. The zero-order valence-corrected chi connectivity index (χ0v) is 17.9. The lowest BCUT2D eigenvalue weighted by Gasteiger charge is -2.36. The molecule has 0 unspecified atom stereocenters. The molecule has 0 aromatic heterocycles. The highest BCUT2D eigenvalue weighted by molar-refractivity contribution is 6.29. The van der Waals surface area contributed by atoms with Crippen LogP contribution in [0.15, 0.2) is 59.9 Å². The van der Waals surface area contributed by atoms with Crippen molar-refractivity contribution >= 4 is 23.2 Å². The number of carbonyl (C=O) groups excluding carboxylic acids is 3. The maximum atomic E-state index is 13.6. The maximum Gasteiger partial charge on any atom is 0.228 e. The highest BCUT2D eigenvalue weighted by atomic mass is 16.5. The monoisotopic (exact) mass is 418 g/mol. The van der Waals surface area contributed by atoms with Gasteiger partial charge in [0, 0.05) is 36.8 Å². The minimum atomic E-state index is -0.325. The number of carbonyl (C=O) groups is 3. The van der Waals surface area contributed by atoms with Gasteiger partial charge in [-0.3, -0.25) is 19.3 Å². The molecule has 1 aliphatic carbocycles. The zero-order chi connectivity index (χ0) is 22.0. The number of hydrogen-bond donors (Lipinski definition) is 0. The van der Waals surface area contributed by atoms with E-state index in [0.717, 1.165) is 19.3 Å². The summed E-state index contributed by atoms with van der Waals surface area (Å²) in [6, 6.07) is 13.8. The Morgan fingerprint density at radius 2 is 1.55 bits per heavy atom. The second-order valence-electron chi connectivity index (χ2n) is 7.73. The molecule has 4 rings (SSSR count). The molecular weight excluding hydrogens is 392 g/mol. The van der Waals surface area contributed by atoms with Crippen molar-refractivity contribution < 1.29 is 19.1 Å². The number of rotatable bonds is 5. The molecule has 0 spiro atoms. The van der Waals surface area contributed by atoms with E-state index < -0.39 is 0 Å². The first kappa shape index (κ1) is 20.8. The van der Waals surface area contributed by atoms with E-state index in [-0.39, 0.29) is 23.2 Å². The fourth-order valence-corrected chi connectivity index (χ4v) is 4.29. The van der Waals surface area contributed by atoms with Crippen LogP contribution in [0.4, 0.5) is 5.69 Å². The number of amides is 1. The summed E-state index contributed by atoms with van der Waals surface area (Å²) in [5.74, 6) is -0.158. The molecule has 6 heteroatoms. The van der Waals surface area contributed by atoms with E-state index in [4.69, 9.17) is 4.74 Å². The van der Waals surface area contributed by atoms with Gasteiger partial charge in [0.25, 0.3) is 0 Å². The fourth-order valence-electron chi connectivity index (χ4n) is 4.29. The highest BCUT2D eigenvalue weighted by Crippen LogP contribution is 2.35. The van der Waals surface area contributed by atoms with Crippen LogP contribution in [0.5, 0.6) is 5.75 Å². The van der Waals surface area contributed by atoms with Gasteiger partial charge >= 0.3 is 0 Å². The third-order valence-corrected chi connectivity index (χ3v) is 5.69. The summed E-state index contributed by atoms with van der Waals surface area (Å²) < 4.78 is 5.50. The van der Waals surface area contributed by atoms with E-state index >= 15 is 0 Å². The maximum absolute atomic E-state index is 13.6. The molecule has 0 radical (unpaired) electrons. The molecule has 2 aromatic carbocycles. The Morgan fingerprint density at radius 1 is 0.935 bits per heavy atom. The van der Waals surface area contributed by atoms with Crippen molar-refractivity contribution in [2.75, 3.05) is 24.6 Å². The molecule has 160 valence electrons. The Bertz CT molecular complexity index is 1050. The Morgan fingerprint density at radius 3 is 2.13 bits per heavy atom. The summed E-state index contributed by atoms with van der Waals surface area (Å²) >= 11 is 0. The van der Waals surface area contributed by atoms with Gasteiger partial charge in [0.15, 0.2) is 0 Å². The van der Waals surface area contributed by atoms with Crippen molar-refractivity contribution in [2.24, 2.45) is 0 Å². The number of anilines is 1. The number of benzene rings is 2. The van der Waals surface area contributed by atoms with Crippen LogP contribution in [0, 0.1) is 0 Å². The first-order valence-corrected chi connectivity index (χ1v) is 10.7. The lowest BCUT2D eigenvalue weighted by molar-refractivity contribution is -0.116. The number of ketones is 2. The van der Waals surface area contributed by atoms with E-state index in [1.54, 1.807) is 48.5 Å². The molecule has 2 aliphatic rings. The first-order valence-electron chi connectivity index (χ1n) is 10.7. The van der Waals surface area contributed by atoms with Gasteiger partial charge in [-0.15, -0.1) is 0 Å². The number of allylic oxidation sites excluding steroid dienone is 2. The molecule has 1 saturated heterocycles. The van der Waals surface area contributed by atoms with E-state index in [1.165, 1.54) is 11.8 Å². The summed E-state index contributed by atoms with van der Waals surface area (Å²) in [5.41, 5.74) is 1.73. The predicted octanol–water partition coefficient (Wildman–Crippen LogP) is 4.21. The lowest BCUT2D eigenvalue weighted by atomic mass is 9.88. The molecule has 0 N–H and O–H groups in total. The average molecular weight is 418 g/mol. The van der Waals surface area contributed by atoms with E-state index in [2.05, 4.69) is 0 Å². The normalized spacial score (nSPS) is 16.3. The SMILES string of the molecule is CCOc1ccc(N(C(C)=O)C2=C(N3CCCCC3)C(=O)c3ccccc3C2=O)cc1. The van der Waals surface area contributed by atoms with Crippen LogP contribution >= 0.6 is 0 Å². The number of likely N-dealkylation sites (tertiary alicyclic amines) is 1. The van der Waals surface area contributed by atoms with E-state index in [0.29, 0.717) is 48.0 Å². The van der Waals surface area contributed by atoms with Crippen molar-refractivity contribution in [2.45, 2.75) is 33.1 Å². The van der Waals surface area contributed by atoms with Crippen LogP contribution in [0.2, 0.25) is 0 Å². The van der Waals surface area contributed by atoms with Gasteiger partial charge in [-0.1, -0.05) is 24.3 Å². The number of piperidine rings is 1. The molecule has 0 saturated carbocycles. The second-order valence-corrected chi connectivity index (χ2v) is 7.73. The third-order valence-electron chi connectivity index (χ3n) is 5.69. The summed E-state index contributed by atoms with van der Waals surface area (Å²) in [6.07, 6.45) is 2.99. The minimum Gasteiger partial charge on any atom is -0.494 e. The summed E-state index contributed by atoms with van der Waals surface area (Å²) in [6.45, 7) is 5.22. The van der Waals surface area contributed by atoms with Gasteiger partial charge in [0.2, 0.25) is 17.5 Å². The molecule has 6 nitrogen and oxygen atoms in total. The lowest BCUT2D eigenvalue weighted by Crippen LogP contribution is -2.43. The largest absolute Gasteiger partial charge is 0.494 e. The molecule has 1 fully saturated rings. The standard InChI is InChI=1S/C25H26N2O4/c1-3-31-19-13-11-18(12-14-19)27(17(2)28)23-22(26-15-7-4-8-16-26)24(29)20-9-5-6-10-21(20)25(23)30/h5-6,9-14H,3-4,7-8,15-16H2,1-2H3. The fraction of sp³-hybridized carbons (Fsp3) is 0.320. The Balaban J connectivity index is 1.89. The van der Waals surface area contributed by atoms with Crippen LogP contribution in [0.25, 0.3) is 0 Å². The van der Waals surface area contributed by atoms with Crippen molar-refractivity contribution in [3.05, 3.63) is 71.1 Å². The van der Waals surface area contributed by atoms with Crippen LogP contribution in [-0.2, 0) is 4.79 Å². The smallest absolute Gasteiger partial charge is 0.228 e. The topological polar surface area (TPSA) is 66.9 Å². The third kappa shape index (κ3) is 3.85. The Labute approximate surface area is 182 Å². The molecule has 0 bridgehead atoms.